The van der Waals surface area contributed by atoms with Crippen LogP contribution in [0.2, 0.25) is 0 Å². The number of rotatable bonds is 6. The van der Waals surface area contributed by atoms with E-state index in [2.05, 4.69) is 5.32 Å². The Kier molecular flexibility index (Phi) is 5.13. The van der Waals surface area contributed by atoms with Gasteiger partial charge in [-0.3, -0.25) is 4.79 Å². The molecule has 17 heavy (non-hydrogen) atoms. The predicted molar refractivity (Wildman–Crippen MR) is 57.4 cm³/mol. The second-order valence-corrected chi connectivity index (χ2v) is 3.56. The lowest BCUT2D eigenvalue weighted by Gasteiger charge is -2.06. The van der Waals surface area contributed by atoms with E-state index < -0.39 is 5.97 Å². The molecule has 0 bridgehead atoms. The third-order valence-corrected chi connectivity index (χ3v) is 2.23. The lowest BCUT2D eigenvalue weighted by Crippen LogP contribution is -2.29. The summed E-state index contributed by atoms with van der Waals surface area (Å²) in [6.45, 7) is 0.285. The Labute approximate surface area is 98.5 Å². The van der Waals surface area contributed by atoms with E-state index >= 15 is 0 Å². The van der Waals surface area contributed by atoms with Gasteiger partial charge in [0.25, 0.3) is 0 Å². The van der Waals surface area contributed by atoms with Crippen molar-refractivity contribution < 1.29 is 19.1 Å². The molecule has 4 nitrogen and oxygen atoms in total. The van der Waals surface area contributed by atoms with E-state index in [1.807, 2.05) is 0 Å². The Bertz CT molecular complexity index is 406. The van der Waals surface area contributed by atoms with Crippen LogP contribution in [-0.4, -0.2) is 18.4 Å². The maximum absolute atomic E-state index is 13.2. The van der Waals surface area contributed by atoms with Crippen LogP contribution < -0.4 is 10.4 Å². The number of carboxylic acids is 1. The predicted octanol–water partition coefficient (Wildman–Crippen LogP) is 0.0145. The van der Waals surface area contributed by atoms with E-state index in [1.165, 1.54) is 6.07 Å². The maximum atomic E-state index is 13.2. The molecule has 0 unspecified atom stereocenters. The minimum Gasteiger partial charge on any atom is -0.550 e. The van der Waals surface area contributed by atoms with Gasteiger partial charge in [-0.05, 0) is 24.5 Å². The highest BCUT2D eigenvalue weighted by molar-refractivity contribution is 5.79. The summed E-state index contributed by atoms with van der Waals surface area (Å²) in [4.78, 5) is 21.2. The molecule has 5 heteroatoms. The number of aliphatic carboxylic acids is 1. The van der Waals surface area contributed by atoms with E-state index in [0.29, 0.717) is 12.0 Å². The highest BCUT2D eigenvalue weighted by atomic mass is 19.1. The van der Waals surface area contributed by atoms with Crippen LogP contribution in [0.15, 0.2) is 24.3 Å². The van der Waals surface area contributed by atoms with Crippen LogP contribution in [0.1, 0.15) is 18.4 Å². The van der Waals surface area contributed by atoms with Crippen LogP contribution in [0, 0.1) is 5.82 Å². The molecule has 0 heterocycles. The summed E-state index contributed by atoms with van der Waals surface area (Å²) in [6.07, 6.45) is -0.0329. The van der Waals surface area contributed by atoms with Crippen molar-refractivity contribution in [2.75, 3.05) is 6.54 Å². The normalized spacial score (nSPS) is 9.94. The first kappa shape index (κ1) is 13.2. The lowest BCUT2D eigenvalue weighted by molar-refractivity contribution is -0.305. The molecular weight excluding hydrogens is 225 g/mol. The van der Waals surface area contributed by atoms with Crippen LogP contribution in [0.5, 0.6) is 0 Å². The smallest absolute Gasteiger partial charge is 0.220 e. The Morgan fingerprint density at radius 1 is 1.24 bits per heavy atom. The molecule has 92 valence electrons. The van der Waals surface area contributed by atoms with Crippen LogP contribution in [0.4, 0.5) is 4.39 Å². The summed E-state index contributed by atoms with van der Waals surface area (Å²) >= 11 is 0. The highest BCUT2D eigenvalue weighted by Gasteiger charge is 2.03. The first-order valence-electron chi connectivity index (χ1n) is 5.29. The zero-order valence-electron chi connectivity index (χ0n) is 9.24. The van der Waals surface area contributed by atoms with Gasteiger partial charge in [0.15, 0.2) is 0 Å². The zero-order valence-corrected chi connectivity index (χ0v) is 9.24. The van der Waals surface area contributed by atoms with Crippen molar-refractivity contribution >= 4 is 11.9 Å². The molecule has 0 aromatic heterocycles. The van der Waals surface area contributed by atoms with Crippen molar-refractivity contribution in [3.63, 3.8) is 0 Å². The van der Waals surface area contributed by atoms with Gasteiger partial charge in [-0.25, -0.2) is 4.39 Å². The van der Waals surface area contributed by atoms with Gasteiger partial charge in [0.2, 0.25) is 5.91 Å². The molecule has 0 atom stereocenters. The second kappa shape index (κ2) is 6.62. The third kappa shape index (κ3) is 5.10. The molecule has 0 fully saturated rings. The van der Waals surface area contributed by atoms with Gasteiger partial charge in [0, 0.05) is 18.9 Å². The van der Waals surface area contributed by atoms with Gasteiger partial charge in [-0.2, -0.15) is 0 Å². The third-order valence-electron chi connectivity index (χ3n) is 2.23. The minimum absolute atomic E-state index is 0.112. The highest BCUT2D eigenvalue weighted by Crippen LogP contribution is 2.06. The number of carboxylic acid groups (broad SMARTS) is 1. The summed E-state index contributed by atoms with van der Waals surface area (Å²) < 4.78 is 13.2. The van der Waals surface area contributed by atoms with Crippen molar-refractivity contribution in [2.24, 2.45) is 0 Å². The van der Waals surface area contributed by atoms with Crippen LogP contribution in [-0.2, 0) is 16.0 Å². The van der Waals surface area contributed by atoms with Gasteiger partial charge >= 0.3 is 0 Å². The van der Waals surface area contributed by atoms with Crippen LogP contribution >= 0.6 is 0 Å². The molecule has 0 spiro atoms. The van der Waals surface area contributed by atoms with Crippen molar-refractivity contribution in [1.82, 2.24) is 5.32 Å². The number of hydrogen-bond donors (Lipinski definition) is 1. The summed E-state index contributed by atoms with van der Waals surface area (Å²) in [6, 6.07) is 6.31. The molecule has 0 aliphatic heterocycles. The van der Waals surface area contributed by atoms with Crippen molar-refractivity contribution in [1.29, 1.82) is 0 Å². The fraction of sp³-hybridized carbons (Fsp3) is 0.333. The zero-order chi connectivity index (χ0) is 12.7. The molecule has 1 aromatic rings. The second-order valence-electron chi connectivity index (χ2n) is 3.56. The fourth-order valence-electron chi connectivity index (χ4n) is 1.34. The number of nitrogens with one attached hydrogen (secondary N) is 1. The fourth-order valence-corrected chi connectivity index (χ4v) is 1.34. The number of hydrogen-bond acceptors (Lipinski definition) is 3. The Morgan fingerprint density at radius 3 is 2.59 bits per heavy atom. The van der Waals surface area contributed by atoms with Gasteiger partial charge in [-0.15, -0.1) is 0 Å². The summed E-state index contributed by atoms with van der Waals surface area (Å²) in [7, 11) is 0. The Hall–Kier alpha value is -1.91. The number of halogens is 1. The average molecular weight is 238 g/mol. The summed E-state index contributed by atoms with van der Waals surface area (Å²) in [5, 5.41) is 12.6. The van der Waals surface area contributed by atoms with Crippen LogP contribution in [0.3, 0.4) is 0 Å². The van der Waals surface area contributed by atoms with E-state index in [4.69, 9.17) is 0 Å². The standard InChI is InChI=1S/C12H14FNO3/c13-10-4-2-1-3-9(10)7-8-14-11(15)5-6-12(16)17/h1-4H,5-8H2,(H,14,15)(H,16,17)/p-1. The van der Waals surface area contributed by atoms with E-state index in [0.717, 1.165) is 0 Å². The molecule has 1 amide bonds. The van der Waals surface area contributed by atoms with Crippen LogP contribution in [0.25, 0.3) is 0 Å². The molecule has 0 aliphatic carbocycles. The first-order valence-corrected chi connectivity index (χ1v) is 5.29. The van der Waals surface area contributed by atoms with Gasteiger partial charge in [-0.1, -0.05) is 18.2 Å². The topological polar surface area (TPSA) is 69.2 Å². The van der Waals surface area contributed by atoms with Gasteiger partial charge < -0.3 is 15.2 Å². The van der Waals surface area contributed by atoms with E-state index in [1.54, 1.807) is 18.2 Å². The quantitative estimate of drug-likeness (QED) is 0.759. The summed E-state index contributed by atoms with van der Waals surface area (Å²) in [5.74, 6) is -1.93. The number of carbonyl (C=O) groups excluding carboxylic acids is 2. The number of amides is 1. The van der Waals surface area contributed by atoms with Crippen molar-refractivity contribution in [2.45, 2.75) is 19.3 Å². The molecule has 0 radical (unpaired) electrons. The molecular formula is C12H13FNO3-. The molecule has 1 aromatic carbocycles. The summed E-state index contributed by atoms with van der Waals surface area (Å²) in [5.41, 5.74) is 0.521. The largest absolute Gasteiger partial charge is 0.550 e. The molecule has 1 N–H and O–H groups in total. The Morgan fingerprint density at radius 2 is 1.94 bits per heavy atom. The lowest BCUT2D eigenvalue weighted by atomic mass is 10.1. The van der Waals surface area contributed by atoms with Crippen molar-refractivity contribution in [3.05, 3.63) is 35.6 Å². The molecule has 0 aliphatic rings. The first-order chi connectivity index (χ1) is 8.09. The number of benzene rings is 1. The maximum Gasteiger partial charge on any atom is 0.220 e. The van der Waals surface area contributed by atoms with Gasteiger partial charge in [0.05, 0.1) is 0 Å². The van der Waals surface area contributed by atoms with Crippen molar-refractivity contribution in [3.8, 4) is 0 Å². The molecule has 0 saturated carbocycles. The minimum atomic E-state index is -1.26. The SMILES string of the molecule is O=C([O-])CCC(=O)NCCc1ccccc1F. The monoisotopic (exact) mass is 238 g/mol. The van der Waals surface area contributed by atoms with Gasteiger partial charge in [0.1, 0.15) is 5.82 Å². The molecule has 1 rings (SSSR count). The van der Waals surface area contributed by atoms with E-state index in [9.17, 15) is 19.1 Å². The number of carbonyl (C=O) groups is 2. The van der Waals surface area contributed by atoms with E-state index in [-0.39, 0.29) is 31.1 Å². The Balaban J connectivity index is 2.26. The molecule has 0 saturated heterocycles. The average Bonchev–Trinajstić information content (AvgIpc) is 2.29.